The van der Waals surface area contributed by atoms with Crippen molar-refractivity contribution in [1.29, 1.82) is 0 Å². The topological polar surface area (TPSA) is 80.1 Å². The van der Waals surface area contributed by atoms with E-state index < -0.39 is 11.7 Å². The fourth-order valence-electron chi connectivity index (χ4n) is 4.52. The summed E-state index contributed by atoms with van der Waals surface area (Å²) in [5, 5.41) is 6.95. The van der Waals surface area contributed by atoms with E-state index in [1.54, 1.807) is 4.68 Å². The summed E-state index contributed by atoms with van der Waals surface area (Å²) in [6, 6.07) is 10.6. The molecule has 2 amide bonds. The summed E-state index contributed by atoms with van der Waals surface area (Å²) in [5.74, 6) is 5.33. The zero-order valence-electron chi connectivity index (χ0n) is 20.3. The molecule has 1 saturated heterocycles. The third-order valence-electron chi connectivity index (χ3n) is 6.81. The molecule has 1 aliphatic carbocycles. The standard InChI is InChI=1S/C28H27ClFN5O2/c29-23-18-32-35(15-12-20-10-13-34(14-11-20)28(37)22-8-9-22)25(23)27(36)33-26-24(30)16-21(17-31-26)7-6-19-4-2-1-3-5-19/h1-5,16-18,20,22H,8-15H2,(H,31,33,36). The first kappa shape index (κ1) is 25.0. The Labute approximate surface area is 220 Å². The Hall–Kier alpha value is -3.70. The van der Waals surface area contributed by atoms with Crippen molar-refractivity contribution in [3.05, 3.63) is 76.5 Å². The molecule has 5 rings (SSSR count). The Kier molecular flexibility index (Phi) is 7.52. The highest BCUT2D eigenvalue weighted by Gasteiger charge is 2.34. The van der Waals surface area contributed by atoms with Gasteiger partial charge >= 0.3 is 0 Å². The van der Waals surface area contributed by atoms with Gasteiger partial charge in [-0.25, -0.2) is 9.37 Å². The molecule has 2 fully saturated rings. The summed E-state index contributed by atoms with van der Waals surface area (Å²) in [5.41, 5.74) is 1.37. The number of hydrogen-bond donors (Lipinski definition) is 1. The highest BCUT2D eigenvalue weighted by Crippen LogP contribution is 2.33. The number of aryl methyl sites for hydroxylation is 1. The molecule has 1 N–H and O–H groups in total. The summed E-state index contributed by atoms with van der Waals surface area (Å²) in [6.07, 6.45) is 7.55. The van der Waals surface area contributed by atoms with Crippen molar-refractivity contribution in [3.8, 4) is 11.8 Å². The Balaban J connectivity index is 1.18. The van der Waals surface area contributed by atoms with E-state index >= 15 is 0 Å². The molecule has 1 aliphatic heterocycles. The normalized spacial score (nSPS) is 15.7. The number of amides is 2. The number of anilines is 1. The van der Waals surface area contributed by atoms with E-state index in [1.807, 2.05) is 35.2 Å². The molecular weight excluding hydrogens is 493 g/mol. The van der Waals surface area contributed by atoms with Crippen molar-refractivity contribution in [2.45, 2.75) is 38.6 Å². The lowest BCUT2D eigenvalue weighted by Crippen LogP contribution is -2.39. The monoisotopic (exact) mass is 519 g/mol. The van der Waals surface area contributed by atoms with Crippen LogP contribution in [0.25, 0.3) is 0 Å². The third-order valence-corrected chi connectivity index (χ3v) is 7.09. The maximum absolute atomic E-state index is 14.7. The highest BCUT2D eigenvalue weighted by atomic mass is 35.5. The molecule has 0 spiro atoms. The van der Waals surface area contributed by atoms with Gasteiger partial charge in [0.15, 0.2) is 11.6 Å². The molecule has 3 heterocycles. The summed E-state index contributed by atoms with van der Waals surface area (Å²) >= 11 is 6.26. The number of hydrogen-bond acceptors (Lipinski definition) is 4. The molecule has 7 nitrogen and oxygen atoms in total. The molecule has 0 atom stereocenters. The number of carbonyl (C=O) groups is 2. The number of benzene rings is 1. The molecule has 1 aromatic carbocycles. The molecule has 9 heteroatoms. The second-order valence-corrected chi connectivity index (χ2v) is 9.93. The lowest BCUT2D eigenvalue weighted by Gasteiger charge is -2.32. The van der Waals surface area contributed by atoms with E-state index in [1.165, 1.54) is 18.5 Å². The Bertz CT molecular complexity index is 1350. The van der Waals surface area contributed by atoms with Crippen molar-refractivity contribution in [1.82, 2.24) is 19.7 Å². The lowest BCUT2D eigenvalue weighted by atomic mass is 9.93. The lowest BCUT2D eigenvalue weighted by molar-refractivity contribution is -0.134. The smallest absolute Gasteiger partial charge is 0.276 e. The van der Waals surface area contributed by atoms with Gasteiger partial charge in [-0.05, 0) is 56.2 Å². The highest BCUT2D eigenvalue weighted by molar-refractivity contribution is 6.34. The maximum atomic E-state index is 14.7. The number of piperidine rings is 1. The predicted molar refractivity (Wildman–Crippen MR) is 138 cm³/mol. The average molecular weight is 520 g/mol. The average Bonchev–Trinajstić information content (AvgIpc) is 3.70. The first-order chi connectivity index (χ1) is 18.0. The van der Waals surface area contributed by atoms with Gasteiger partial charge in [0.25, 0.3) is 5.91 Å². The number of nitrogens with zero attached hydrogens (tertiary/aromatic N) is 4. The summed E-state index contributed by atoms with van der Waals surface area (Å²) in [6.45, 7) is 2.06. The molecular formula is C28H27ClFN5O2. The predicted octanol–water partition coefficient (Wildman–Crippen LogP) is 4.76. The third kappa shape index (κ3) is 6.17. The molecule has 0 unspecified atom stereocenters. The molecule has 2 aromatic heterocycles. The van der Waals surface area contributed by atoms with Crippen LogP contribution in [0.15, 0.2) is 48.8 Å². The van der Waals surface area contributed by atoms with Gasteiger partial charge < -0.3 is 10.2 Å². The van der Waals surface area contributed by atoms with Crippen molar-refractivity contribution in [2.24, 2.45) is 11.8 Å². The minimum Gasteiger partial charge on any atom is -0.342 e. The van der Waals surface area contributed by atoms with Crippen LogP contribution >= 0.6 is 11.6 Å². The Morgan fingerprint density at radius 3 is 2.49 bits per heavy atom. The largest absolute Gasteiger partial charge is 0.342 e. The van der Waals surface area contributed by atoms with Gasteiger partial charge in [0, 0.05) is 42.9 Å². The number of aromatic nitrogens is 3. The Morgan fingerprint density at radius 2 is 1.78 bits per heavy atom. The summed E-state index contributed by atoms with van der Waals surface area (Å²) in [4.78, 5) is 31.3. The quantitative estimate of drug-likeness (QED) is 0.476. The van der Waals surface area contributed by atoms with E-state index in [0.717, 1.165) is 50.8 Å². The second kappa shape index (κ2) is 11.1. The number of pyridine rings is 1. The van der Waals surface area contributed by atoms with Crippen molar-refractivity contribution >= 4 is 29.2 Å². The van der Waals surface area contributed by atoms with Crippen molar-refractivity contribution in [3.63, 3.8) is 0 Å². The van der Waals surface area contributed by atoms with Gasteiger partial charge in [0.05, 0.1) is 11.2 Å². The van der Waals surface area contributed by atoms with Gasteiger partial charge in [-0.1, -0.05) is 41.6 Å². The van der Waals surface area contributed by atoms with Crippen LogP contribution < -0.4 is 5.32 Å². The molecule has 190 valence electrons. The first-order valence-electron chi connectivity index (χ1n) is 12.5. The van der Waals surface area contributed by atoms with Gasteiger partial charge in [-0.2, -0.15) is 5.10 Å². The number of carbonyl (C=O) groups excluding carboxylic acids is 2. The van der Waals surface area contributed by atoms with Crippen LogP contribution in [0.4, 0.5) is 10.2 Å². The van der Waals surface area contributed by atoms with Crippen LogP contribution in [-0.4, -0.2) is 44.6 Å². The molecule has 1 saturated carbocycles. The SMILES string of the molecule is O=C(Nc1ncc(C#Cc2ccccc2)cc1F)c1c(Cl)cnn1CCC1CCN(C(=O)C2CC2)CC1. The van der Waals surface area contributed by atoms with E-state index in [0.29, 0.717) is 23.9 Å². The zero-order chi connectivity index (χ0) is 25.8. The van der Waals surface area contributed by atoms with Gasteiger partial charge in [0.2, 0.25) is 5.91 Å². The summed E-state index contributed by atoms with van der Waals surface area (Å²) < 4.78 is 16.2. The number of halogens is 2. The van der Waals surface area contributed by atoms with Crippen LogP contribution in [-0.2, 0) is 11.3 Å². The van der Waals surface area contributed by atoms with Crippen LogP contribution in [0.3, 0.4) is 0 Å². The van der Waals surface area contributed by atoms with E-state index in [4.69, 9.17) is 11.6 Å². The molecule has 0 radical (unpaired) electrons. The van der Waals surface area contributed by atoms with E-state index in [2.05, 4.69) is 27.2 Å². The van der Waals surface area contributed by atoms with Crippen LogP contribution in [0.2, 0.25) is 5.02 Å². The fourth-order valence-corrected chi connectivity index (χ4v) is 4.75. The van der Waals surface area contributed by atoms with Crippen molar-refractivity contribution < 1.29 is 14.0 Å². The summed E-state index contributed by atoms with van der Waals surface area (Å²) in [7, 11) is 0. The first-order valence-corrected chi connectivity index (χ1v) is 12.9. The molecule has 0 bridgehead atoms. The Morgan fingerprint density at radius 1 is 1.05 bits per heavy atom. The van der Waals surface area contributed by atoms with Crippen LogP contribution in [0, 0.1) is 29.5 Å². The van der Waals surface area contributed by atoms with Gasteiger partial charge in [0.1, 0.15) is 5.69 Å². The van der Waals surface area contributed by atoms with Crippen LogP contribution in [0.5, 0.6) is 0 Å². The molecule has 2 aliphatic rings. The number of likely N-dealkylation sites (tertiary alicyclic amines) is 1. The van der Waals surface area contributed by atoms with Gasteiger partial charge in [-0.15, -0.1) is 0 Å². The zero-order valence-corrected chi connectivity index (χ0v) is 21.0. The van der Waals surface area contributed by atoms with Crippen molar-refractivity contribution in [2.75, 3.05) is 18.4 Å². The van der Waals surface area contributed by atoms with E-state index in [9.17, 15) is 14.0 Å². The number of rotatable bonds is 6. The fraction of sp³-hybridized carbons (Fsp3) is 0.357. The minimum atomic E-state index is -0.692. The second-order valence-electron chi connectivity index (χ2n) is 9.52. The molecule has 3 aromatic rings. The van der Waals surface area contributed by atoms with Crippen LogP contribution in [0.1, 0.15) is 53.7 Å². The van der Waals surface area contributed by atoms with E-state index in [-0.39, 0.29) is 22.5 Å². The number of nitrogens with one attached hydrogen (secondary N) is 1. The van der Waals surface area contributed by atoms with Gasteiger partial charge in [-0.3, -0.25) is 14.3 Å². The maximum Gasteiger partial charge on any atom is 0.276 e. The molecule has 37 heavy (non-hydrogen) atoms. The minimum absolute atomic E-state index is 0.164.